The Hall–Kier alpha value is -2.86. The molecule has 0 saturated heterocycles. The summed E-state index contributed by atoms with van der Waals surface area (Å²) in [5.74, 6) is -0.985. The van der Waals surface area contributed by atoms with E-state index in [1.807, 2.05) is 24.3 Å². The molecule has 6 heteroatoms. The second-order valence-electron chi connectivity index (χ2n) is 5.75. The van der Waals surface area contributed by atoms with E-state index in [2.05, 4.69) is 5.32 Å². The first-order valence-electron chi connectivity index (χ1n) is 7.96. The van der Waals surface area contributed by atoms with Gasteiger partial charge in [-0.3, -0.25) is 4.79 Å². The Labute approximate surface area is 145 Å². The van der Waals surface area contributed by atoms with Gasteiger partial charge in [0.05, 0.1) is 13.7 Å². The summed E-state index contributed by atoms with van der Waals surface area (Å²) in [5, 5.41) is 12.1. The van der Waals surface area contributed by atoms with E-state index in [0.717, 1.165) is 17.5 Å². The van der Waals surface area contributed by atoms with Crippen LogP contribution in [0, 0.1) is 0 Å². The van der Waals surface area contributed by atoms with Crippen molar-refractivity contribution in [2.45, 2.75) is 18.6 Å². The molecular weight excluding hydrogens is 322 g/mol. The van der Waals surface area contributed by atoms with Crippen molar-refractivity contribution >= 4 is 11.9 Å². The van der Waals surface area contributed by atoms with Gasteiger partial charge in [0.2, 0.25) is 0 Å². The molecule has 2 aromatic carbocycles. The highest BCUT2D eigenvalue weighted by Gasteiger charge is 2.31. The predicted octanol–water partition coefficient (Wildman–Crippen LogP) is 2.25. The molecule has 2 N–H and O–H groups in total. The number of carboxylic acids is 1. The van der Waals surface area contributed by atoms with Crippen LogP contribution in [-0.2, 0) is 20.7 Å². The number of benzene rings is 2. The summed E-state index contributed by atoms with van der Waals surface area (Å²) in [7, 11) is 1.53. The number of carboxylic acid groups (broad SMARTS) is 1. The van der Waals surface area contributed by atoms with Crippen molar-refractivity contribution in [3.05, 3.63) is 65.2 Å². The van der Waals surface area contributed by atoms with Crippen LogP contribution in [0.1, 0.15) is 28.8 Å². The van der Waals surface area contributed by atoms with Gasteiger partial charge in [0.15, 0.2) is 12.1 Å². The number of carbonyl (C=O) groups excluding carboxylic acids is 1. The highest BCUT2D eigenvalue weighted by atomic mass is 16.5. The van der Waals surface area contributed by atoms with Crippen LogP contribution in [0.2, 0.25) is 0 Å². The monoisotopic (exact) mass is 341 g/mol. The Morgan fingerprint density at radius 2 is 1.92 bits per heavy atom. The fourth-order valence-corrected chi connectivity index (χ4v) is 2.91. The van der Waals surface area contributed by atoms with E-state index in [9.17, 15) is 14.7 Å². The number of hydrogen-bond donors (Lipinski definition) is 2. The van der Waals surface area contributed by atoms with Gasteiger partial charge in [-0.15, -0.1) is 0 Å². The Morgan fingerprint density at radius 3 is 2.60 bits per heavy atom. The van der Waals surface area contributed by atoms with Gasteiger partial charge in [-0.05, 0) is 35.2 Å². The number of aliphatic carboxylic acids is 1. The molecule has 6 nitrogen and oxygen atoms in total. The molecule has 0 saturated carbocycles. The lowest BCUT2D eigenvalue weighted by molar-refractivity contribution is -0.145. The molecule has 0 fully saturated rings. The fourth-order valence-electron chi connectivity index (χ4n) is 2.91. The number of fused-ring (bicyclic) bond motifs is 1. The Bertz CT molecular complexity index is 772. The van der Waals surface area contributed by atoms with Gasteiger partial charge < -0.3 is 19.9 Å². The molecule has 0 spiro atoms. The molecule has 25 heavy (non-hydrogen) atoms. The van der Waals surface area contributed by atoms with Crippen LogP contribution >= 0.6 is 0 Å². The first-order valence-corrected chi connectivity index (χ1v) is 7.96. The third kappa shape index (κ3) is 3.64. The normalized spacial score (nSPS) is 17.2. The van der Waals surface area contributed by atoms with Crippen LogP contribution in [0.25, 0.3) is 0 Å². The lowest BCUT2D eigenvalue weighted by atomic mass is 9.96. The van der Waals surface area contributed by atoms with Gasteiger partial charge >= 0.3 is 5.97 Å². The average molecular weight is 341 g/mol. The molecule has 0 aliphatic carbocycles. The molecule has 0 unspecified atom stereocenters. The van der Waals surface area contributed by atoms with Crippen LogP contribution in [-0.4, -0.2) is 30.7 Å². The quantitative estimate of drug-likeness (QED) is 0.871. The van der Waals surface area contributed by atoms with Gasteiger partial charge in [0, 0.05) is 0 Å². The summed E-state index contributed by atoms with van der Waals surface area (Å²) >= 11 is 0. The van der Waals surface area contributed by atoms with Gasteiger partial charge in [-0.1, -0.05) is 36.4 Å². The van der Waals surface area contributed by atoms with E-state index in [1.54, 1.807) is 24.3 Å². The fraction of sp³-hybridized carbons (Fsp3) is 0.263. The Balaban J connectivity index is 1.81. The van der Waals surface area contributed by atoms with Crippen LogP contribution < -0.4 is 10.1 Å². The Morgan fingerprint density at radius 1 is 1.20 bits per heavy atom. The minimum atomic E-state index is -1.16. The second kappa shape index (κ2) is 7.36. The molecule has 2 aromatic rings. The van der Waals surface area contributed by atoms with Crippen molar-refractivity contribution in [1.29, 1.82) is 0 Å². The van der Waals surface area contributed by atoms with Crippen molar-refractivity contribution in [3.63, 3.8) is 0 Å². The summed E-state index contributed by atoms with van der Waals surface area (Å²) in [5.41, 5.74) is 2.29. The largest absolute Gasteiger partial charge is 0.497 e. The summed E-state index contributed by atoms with van der Waals surface area (Å²) < 4.78 is 10.7. The minimum Gasteiger partial charge on any atom is -0.497 e. The van der Waals surface area contributed by atoms with E-state index >= 15 is 0 Å². The first kappa shape index (κ1) is 17.0. The Kier molecular flexibility index (Phi) is 5.00. The molecular formula is C19H19NO5. The van der Waals surface area contributed by atoms with Crippen LogP contribution in [0.4, 0.5) is 0 Å². The number of rotatable bonds is 5. The minimum absolute atomic E-state index is 0.426. The van der Waals surface area contributed by atoms with Crippen LogP contribution in [0.3, 0.4) is 0 Å². The molecule has 2 atom stereocenters. The van der Waals surface area contributed by atoms with Crippen molar-refractivity contribution in [2.75, 3.05) is 13.7 Å². The van der Waals surface area contributed by atoms with E-state index in [0.29, 0.717) is 17.9 Å². The number of hydrogen-bond acceptors (Lipinski definition) is 4. The number of methoxy groups -OCH3 is 1. The lowest BCUT2D eigenvalue weighted by Crippen LogP contribution is -2.39. The molecule has 0 aromatic heterocycles. The van der Waals surface area contributed by atoms with Gasteiger partial charge in [0.1, 0.15) is 5.75 Å². The molecule has 1 heterocycles. The van der Waals surface area contributed by atoms with Crippen LogP contribution in [0.5, 0.6) is 5.75 Å². The van der Waals surface area contributed by atoms with Crippen molar-refractivity contribution in [3.8, 4) is 5.75 Å². The first-order chi connectivity index (χ1) is 12.1. The SMILES string of the molecule is COc1ccc([C@@H](NC(=O)[C@H]2OCCc3ccccc32)C(=O)O)cc1. The summed E-state index contributed by atoms with van der Waals surface area (Å²) in [4.78, 5) is 24.3. The number of amides is 1. The number of carbonyl (C=O) groups is 2. The lowest BCUT2D eigenvalue weighted by Gasteiger charge is -2.26. The summed E-state index contributed by atoms with van der Waals surface area (Å²) in [6.07, 6.45) is -0.0640. The van der Waals surface area contributed by atoms with Crippen molar-refractivity contribution < 1.29 is 24.2 Å². The van der Waals surface area contributed by atoms with E-state index < -0.39 is 24.0 Å². The molecule has 130 valence electrons. The van der Waals surface area contributed by atoms with Crippen molar-refractivity contribution in [2.24, 2.45) is 0 Å². The molecule has 1 aliphatic heterocycles. The molecule has 3 rings (SSSR count). The van der Waals surface area contributed by atoms with Gasteiger partial charge in [-0.2, -0.15) is 0 Å². The zero-order valence-corrected chi connectivity index (χ0v) is 13.8. The zero-order valence-electron chi connectivity index (χ0n) is 13.8. The third-order valence-electron chi connectivity index (χ3n) is 4.21. The summed E-state index contributed by atoms with van der Waals surface area (Å²) in [6, 6.07) is 12.9. The third-order valence-corrected chi connectivity index (χ3v) is 4.21. The molecule has 0 radical (unpaired) electrons. The van der Waals surface area contributed by atoms with Crippen LogP contribution in [0.15, 0.2) is 48.5 Å². The number of nitrogens with one attached hydrogen (secondary N) is 1. The van der Waals surface area contributed by atoms with Gasteiger partial charge in [-0.25, -0.2) is 4.79 Å². The highest BCUT2D eigenvalue weighted by molar-refractivity contribution is 5.88. The maximum absolute atomic E-state index is 12.6. The van der Waals surface area contributed by atoms with E-state index in [4.69, 9.17) is 9.47 Å². The zero-order chi connectivity index (χ0) is 17.8. The summed E-state index contributed by atoms with van der Waals surface area (Å²) in [6.45, 7) is 0.426. The second-order valence-corrected chi connectivity index (χ2v) is 5.75. The standard InChI is InChI=1S/C19H19NO5/c1-24-14-8-6-13(7-9-14)16(19(22)23)20-18(21)17-15-5-3-2-4-12(15)10-11-25-17/h2-9,16-17H,10-11H2,1H3,(H,20,21)(H,22,23)/t16-,17+/m1/s1. The van der Waals surface area contributed by atoms with E-state index in [-0.39, 0.29) is 0 Å². The molecule has 1 amide bonds. The number of ether oxygens (including phenoxy) is 2. The predicted molar refractivity (Wildman–Crippen MR) is 90.4 cm³/mol. The smallest absolute Gasteiger partial charge is 0.330 e. The van der Waals surface area contributed by atoms with Crippen molar-refractivity contribution in [1.82, 2.24) is 5.32 Å². The topological polar surface area (TPSA) is 84.9 Å². The molecule has 0 bridgehead atoms. The van der Waals surface area contributed by atoms with E-state index in [1.165, 1.54) is 7.11 Å². The van der Waals surface area contributed by atoms with Gasteiger partial charge in [0.25, 0.3) is 5.91 Å². The maximum Gasteiger partial charge on any atom is 0.330 e. The maximum atomic E-state index is 12.6. The highest BCUT2D eigenvalue weighted by Crippen LogP contribution is 2.28. The molecule has 1 aliphatic rings. The average Bonchev–Trinajstić information content (AvgIpc) is 2.65.